The van der Waals surface area contributed by atoms with Gasteiger partial charge in [-0.05, 0) is 52.7 Å². The number of carbonyl (C=O) groups excluding carboxylic acids is 2. The number of pyridine rings is 1. The summed E-state index contributed by atoms with van der Waals surface area (Å²) in [5.74, 6) is 1.55. The molecule has 0 spiro atoms. The second-order valence-corrected chi connectivity index (χ2v) is 11.2. The molecular weight excluding hydrogens is 496 g/mol. The highest BCUT2D eigenvalue weighted by atomic mass is 16.5. The summed E-state index contributed by atoms with van der Waals surface area (Å²) >= 11 is 0. The molecule has 2 fully saturated rings. The van der Waals surface area contributed by atoms with Gasteiger partial charge in [-0.15, -0.1) is 6.58 Å². The maximum atomic E-state index is 13.5. The number of benzene rings is 1. The zero-order chi connectivity index (χ0) is 28.5. The summed E-state index contributed by atoms with van der Waals surface area (Å²) in [6.07, 6.45) is 3.89. The smallest absolute Gasteiger partial charge is 0.243 e. The Labute approximate surface area is 231 Å². The van der Waals surface area contributed by atoms with Gasteiger partial charge < -0.3 is 30.2 Å². The number of amides is 2. The van der Waals surface area contributed by atoms with Crippen LogP contribution in [-0.4, -0.2) is 65.2 Å². The van der Waals surface area contributed by atoms with Gasteiger partial charge in [0.15, 0.2) is 0 Å². The van der Waals surface area contributed by atoms with Crippen molar-refractivity contribution in [2.24, 2.45) is 11.7 Å². The van der Waals surface area contributed by atoms with Gasteiger partial charge in [0, 0.05) is 34.9 Å². The number of methoxy groups -OCH3 is 1. The third-order valence-corrected chi connectivity index (χ3v) is 7.75. The number of carbonyl (C=O) groups is 2. The molecule has 1 unspecified atom stereocenters. The van der Waals surface area contributed by atoms with Crippen LogP contribution in [0.15, 0.2) is 30.9 Å². The number of hydrogen-bond donors (Lipinski definition) is 2. The van der Waals surface area contributed by atoms with Crippen LogP contribution in [0.5, 0.6) is 17.4 Å². The lowest BCUT2D eigenvalue weighted by atomic mass is 10.1. The van der Waals surface area contributed by atoms with Crippen molar-refractivity contribution in [2.75, 3.05) is 13.7 Å². The summed E-state index contributed by atoms with van der Waals surface area (Å²) in [5.41, 5.74) is 7.47. The molecule has 2 heterocycles. The largest absolute Gasteiger partial charge is 0.496 e. The molecule has 1 aromatic heterocycles. The van der Waals surface area contributed by atoms with Crippen LogP contribution >= 0.6 is 0 Å². The summed E-state index contributed by atoms with van der Waals surface area (Å²) in [5, 5.41) is 3.95. The molecule has 2 amide bonds. The molecule has 0 bridgehead atoms. The highest BCUT2D eigenvalue weighted by molar-refractivity contribution is 5.92. The standard InChI is InChI=1S/C30H42N4O5/c1-8-10-22(31)29(36)34-16-20(13-23(34)28(35)33-30(6)15-19(30)9-2)39-25-14-26(38-17(3)4)32-27-18(5)24(37-7)12-11-21(25)27/h9,11-12,14,17,19-20,22-23H,2,8,10,13,15-16,31H2,1,3-7H3,(H,33,35)/t19?,20-,22+,23+,30-/m1/s1. The third kappa shape index (κ3) is 5.98. The molecule has 3 N–H and O–H groups in total. The number of nitrogens with one attached hydrogen (secondary N) is 1. The first kappa shape index (κ1) is 28.7. The zero-order valence-electron chi connectivity index (χ0n) is 24.0. The molecule has 2 aliphatic rings. The quantitative estimate of drug-likeness (QED) is 0.417. The van der Waals surface area contributed by atoms with Crippen LogP contribution in [0.3, 0.4) is 0 Å². The predicted octanol–water partition coefficient (Wildman–Crippen LogP) is 3.90. The Morgan fingerprint density at radius 1 is 1.33 bits per heavy atom. The van der Waals surface area contributed by atoms with E-state index in [1.807, 2.05) is 52.8 Å². The van der Waals surface area contributed by atoms with Crippen LogP contribution in [0, 0.1) is 12.8 Å². The Balaban J connectivity index is 1.64. The van der Waals surface area contributed by atoms with Gasteiger partial charge in [0.05, 0.1) is 31.3 Å². The lowest BCUT2D eigenvalue weighted by molar-refractivity contribution is -0.140. The summed E-state index contributed by atoms with van der Waals surface area (Å²) in [4.78, 5) is 33.1. The molecule has 1 saturated carbocycles. The first-order chi connectivity index (χ1) is 18.5. The number of rotatable bonds is 11. The minimum Gasteiger partial charge on any atom is -0.496 e. The molecule has 1 aromatic carbocycles. The number of aromatic nitrogens is 1. The molecule has 0 radical (unpaired) electrons. The maximum absolute atomic E-state index is 13.5. The lowest BCUT2D eigenvalue weighted by Gasteiger charge is -2.27. The van der Waals surface area contributed by atoms with Crippen molar-refractivity contribution in [3.05, 3.63) is 36.4 Å². The van der Waals surface area contributed by atoms with Crippen LogP contribution in [0.1, 0.15) is 58.9 Å². The fraction of sp³-hybridized carbons (Fsp3) is 0.567. The first-order valence-corrected chi connectivity index (χ1v) is 13.8. The van der Waals surface area contributed by atoms with E-state index in [2.05, 4.69) is 11.9 Å². The van der Waals surface area contributed by atoms with Gasteiger partial charge in [0.25, 0.3) is 0 Å². The topological polar surface area (TPSA) is 116 Å². The fourth-order valence-corrected chi connectivity index (χ4v) is 5.43. The van der Waals surface area contributed by atoms with Crippen molar-refractivity contribution >= 4 is 22.7 Å². The molecule has 1 aliphatic carbocycles. The van der Waals surface area contributed by atoms with Gasteiger partial charge in [-0.1, -0.05) is 19.4 Å². The molecule has 1 aliphatic heterocycles. The molecule has 1 saturated heterocycles. The van der Waals surface area contributed by atoms with E-state index in [1.165, 1.54) is 0 Å². The monoisotopic (exact) mass is 538 g/mol. The van der Waals surface area contributed by atoms with Crippen LogP contribution in [0.25, 0.3) is 10.9 Å². The molecule has 4 rings (SSSR count). The SMILES string of the molecule is C=CC1C[C@@]1(C)NC(=O)[C@@H]1C[C@@H](Oc2cc(OC(C)C)nc3c(C)c(OC)ccc23)CN1C(=O)[C@@H](N)CCC. The Hall–Kier alpha value is -3.33. The van der Waals surface area contributed by atoms with Crippen LogP contribution < -0.4 is 25.3 Å². The van der Waals surface area contributed by atoms with Crippen molar-refractivity contribution in [3.8, 4) is 17.4 Å². The molecule has 5 atom stereocenters. The number of fused-ring (bicyclic) bond motifs is 1. The first-order valence-electron chi connectivity index (χ1n) is 13.8. The normalized spacial score (nSPS) is 24.9. The van der Waals surface area contributed by atoms with Crippen molar-refractivity contribution < 1.29 is 23.8 Å². The van der Waals surface area contributed by atoms with Gasteiger partial charge in [0.1, 0.15) is 23.6 Å². The second-order valence-electron chi connectivity index (χ2n) is 11.2. The minimum absolute atomic E-state index is 0.0791. The van der Waals surface area contributed by atoms with E-state index in [9.17, 15) is 9.59 Å². The van der Waals surface area contributed by atoms with Gasteiger partial charge in [-0.2, -0.15) is 0 Å². The summed E-state index contributed by atoms with van der Waals surface area (Å²) in [6, 6.07) is 4.23. The highest BCUT2D eigenvalue weighted by Gasteiger charge is 2.51. The van der Waals surface area contributed by atoms with Gasteiger partial charge in [-0.3, -0.25) is 9.59 Å². The molecular formula is C30H42N4O5. The van der Waals surface area contributed by atoms with E-state index < -0.39 is 18.2 Å². The van der Waals surface area contributed by atoms with E-state index in [0.717, 1.165) is 23.8 Å². The van der Waals surface area contributed by atoms with Gasteiger partial charge in [0.2, 0.25) is 17.7 Å². The Morgan fingerprint density at radius 3 is 2.69 bits per heavy atom. The molecule has 9 heteroatoms. The predicted molar refractivity (Wildman–Crippen MR) is 151 cm³/mol. The van der Waals surface area contributed by atoms with Crippen LogP contribution in [0.2, 0.25) is 0 Å². The average molecular weight is 539 g/mol. The number of nitrogens with zero attached hydrogens (tertiary/aromatic N) is 2. The number of ether oxygens (including phenoxy) is 3. The number of nitrogens with two attached hydrogens (primary N) is 1. The van der Waals surface area contributed by atoms with Crippen molar-refractivity contribution in [1.29, 1.82) is 0 Å². The fourth-order valence-electron chi connectivity index (χ4n) is 5.43. The second kappa shape index (κ2) is 11.4. The van der Waals surface area contributed by atoms with E-state index in [0.29, 0.717) is 35.7 Å². The lowest BCUT2D eigenvalue weighted by Crippen LogP contribution is -2.53. The van der Waals surface area contributed by atoms with Crippen LogP contribution in [0.4, 0.5) is 0 Å². The molecule has 9 nitrogen and oxygen atoms in total. The summed E-state index contributed by atoms with van der Waals surface area (Å²) in [7, 11) is 1.62. The van der Waals surface area contributed by atoms with Crippen molar-refractivity contribution in [1.82, 2.24) is 15.2 Å². The maximum Gasteiger partial charge on any atom is 0.243 e. The Bertz CT molecular complexity index is 1250. The van der Waals surface area contributed by atoms with E-state index in [-0.39, 0.29) is 35.9 Å². The minimum atomic E-state index is -0.672. The van der Waals surface area contributed by atoms with Crippen molar-refractivity contribution in [3.63, 3.8) is 0 Å². The van der Waals surface area contributed by atoms with Crippen LogP contribution in [-0.2, 0) is 9.59 Å². The number of aryl methyl sites for hydroxylation is 1. The number of hydrogen-bond acceptors (Lipinski definition) is 7. The third-order valence-electron chi connectivity index (χ3n) is 7.75. The Kier molecular flexibility index (Phi) is 8.39. The molecule has 2 aromatic rings. The van der Waals surface area contributed by atoms with E-state index >= 15 is 0 Å². The summed E-state index contributed by atoms with van der Waals surface area (Å²) < 4.78 is 18.0. The van der Waals surface area contributed by atoms with E-state index in [1.54, 1.807) is 18.1 Å². The van der Waals surface area contributed by atoms with E-state index in [4.69, 9.17) is 24.9 Å². The highest BCUT2D eigenvalue weighted by Crippen LogP contribution is 2.44. The number of likely N-dealkylation sites (tertiary alicyclic amines) is 1. The molecule has 212 valence electrons. The van der Waals surface area contributed by atoms with Gasteiger partial charge >= 0.3 is 0 Å². The molecule has 39 heavy (non-hydrogen) atoms. The van der Waals surface area contributed by atoms with Crippen molar-refractivity contribution in [2.45, 2.75) is 90.1 Å². The van der Waals surface area contributed by atoms with Gasteiger partial charge in [-0.25, -0.2) is 4.98 Å². The zero-order valence-corrected chi connectivity index (χ0v) is 24.0. The summed E-state index contributed by atoms with van der Waals surface area (Å²) in [6.45, 7) is 13.9. The Morgan fingerprint density at radius 2 is 2.08 bits per heavy atom. The average Bonchev–Trinajstić information content (AvgIpc) is 3.34.